The SMILES string of the molecule is COc1cccn(-c2ccc(N[C@H](C)CCCNc3ncc(C)nn3)nc2)c1=O. The van der Waals surface area contributed by atoms with E-state index >= 15 is 0 Å². The minimum absolute atomic E-state index is 0.217. The Bertz CT molecular complexity index is 971. The van der Waals surface area contributed by atoms with Crippen molar-refractivity contribution in [1.29, 1.82) is 0 Å². The number of aryl methyl sites for hydroxylation is 1. The van der Waals surface area contributed by atoms with Gasteiger partial charge in [-0.2, -0.15) is 5.10 Å². The van der Waals surface area contributed by atoms with Crippen LogP contribution in [0.2, 0.25) is 0 Å². The number of rotatable bonds is 9. The predicted molar refractivity (Wildman–Crippen MR) is 112 cm³/mol. The monoisotopic (exact) mass is 395 g/mol. The Morgan fingerprint density at radius 1 is 1.17 bits per heavy atom. The van der Waals surface area contributed by atoms with Crippen LogP contribution in [0.15, 0.2) is 47.7 Å². The highest BCUT2D eigenvalue weighted by atomic mass is 16.5. The lowest BCUT2D eigenvalue weighted by molar-refractivity contribution is 0.406. The summed E-state index contributed by atoms with van der Waals surface area (Å²) in [6, 6.07) is 7.36. The molecule has 3 heterocycles. The molecule has 152 valence electrons. The van der Waals surface area contributed by atoms with Crippen molar-refractivity contribution in [2.45, 2.75) is 32.7 Å². The number of pyridine rings is 2. The van der Waals surface area contributed by atoms with Gasteiger partial charge in [0.25, 0.3) is 5.56 Å². The van der Waals surface area contributed by atoms with Crippen molar-refractivity contribution in [3.63, 3.8) is 0 Å². The summed E-state index contributed by atoms with van der Waals surface area (Å²) in [5.41, 5.74) is 1.26. The zero-order chi connectivity index (χ0) is 20.6. The first-order valence-corrected chi connectivity index (χ1v) is 9.45. The number of aromatic nitrogens is 5. The molecular formula is C20H25N7O2. The lowest BCUT2D eigenvalue weighted by Gasteiger charge is -2.15. The Balaban J connectivity index is 1.49. The molecule has 0 amide bonds. The highest BCUT2D eigenvalue weighted by Crippen LogP contribution is 2.12. The van der Waals surface area contributed by atoms with Gasteiger partial charge in [0.05, 0.1) is 30.9 Å². The van der Waals surface area contributed by atoms with Crippen molar-refractivity contribution in [2.24, 2.45) is 0 Å². The summed E-state index contributed by atoms with van der Waals surface area (Å²) in [7, 11) is 1.48. The van der Waals surface area contributed by atoms with Crippen molar-refractivity contribution in [3.8, 4) is 11.4 Å². The van der Waals surface area contributed by atoms with Crippen molar-refractivity contribution in [3.05, 3.63) is 58.9 Å². The van der Waals surface area contributed by atoms with E-state index in [0.29, 0.717) is 17.4 Å². The lowest BCUT2D eigenvalue weighted by Crippen LogP contribution is -2.20. The topological polar surface area (TPSA) is 107 Å². The van der Waals surface area contributed by atoms with E-state index in [0.717, 1.165) is 30.9 Å². The van der Waals surface area contributed by atoms with Crippen LogP contribution in [0.5, 0.6) is 5.75 Å². The molecule has 3 aromatic rings. The molecule has 0 saturated carbocycles. The van der Waals surface area contributed by atoms with E-state index in [9.17, 15) is 4.79 Å². The molecule has 3 rings (SSSR count). The van der Waals surface area contributed by atoms with Crippen molar-refractivity contribution in [2.75, 3.05) is 24.3 Å². The van der Waals surface area contributed by atoms with Crippen LogP contribution in [0.1, 0.15) is 25.5 Å². The predicted octanol–water partition coefficient (Wildman–Crippen LogP) is 2.43. The fourth-order valence-electron chi connectivity index (χ4n) is 2.79. The molecule has 0 saturated heterocycles. The second-order valence-electron chi connectivity index (χ2n) is 6.69. The summed E-state index contributed by atoms with van der Waals surface area (Å²) >= 11 is 0. The number of hydrogen-bond donors (Lipinski definition) is 2. The molecule has 0 aliphatic carbocycles. The van der Waals surface area contributed by atoms with E-state index in [1.807, 2.05) is 19.1 Å². The minimum Gasteiger partial charge on any atom is -0.491 e. The zero-order valence-electron chi connectivity index (χ0n) is 16.8. The third-order valence-electron chi connectivity index (χ3n) is 4.33. The third-order valence-corrected chi connectivity index (χ3v) is 4.33. The van der Waals surface area contributed by atoms with Gasteiger partial charge in [-0.1, -0.05) is 0 Å². The summed E-state index contributed by atoms with van der Waals surface area (Å²) in [4.78, 5) is 20.9. The smallest absolute Gasteiger partial charge is 0.297 e. The molecule has 2 N–H and O–H groups in total. The molecule has 9 heteroatoms. The molecular weight excluding hydrogens is 370 g/mol. The van der Waals surface area contributed by atoms with Crippen molar-refractivity contribution < 1.29 is 4.74 Å². The van der Waals surface area contributed by atoms with Crippen LogP contribution in [0.25, 0.3) is 5.69 Å². The van der Waals surface area contributed by atoms with Gasteiger partial charge in [-0.15, -0.1) is 5.10 Å². The first kappa shape index (κ1) is 20.2. The number of hydrogen-bond acceptors (Lipinski definition) is 8. The van der Waals surface area contributed by atoms with Crippen molar-refractivity contribution >= 4 is 11.8 Å². The number of ether oxygens (including phenoxy) is 1. The summed E-state index contributed by atoms with van der Waals surface area (Å²) in [5, 5.41) is 14.5. The standard InChI is InChI=1S/C20H25N7O2/c1-14(6-4-10-21-20-23-12-15(2)25-26-20)24-18-9-8-16(13-22-18)27-11-5-7-17(29-3)19(27)28/h5,7-9,11-14H,4,6,10H2,1-3H3,(H,22,24)(H,21,23,26)/t14-/m1/s1. The largest absolute Gasteiger partial charge is 0.491 e. The van der Waals surface area contributed by atoms with Gasteiger partial charge in [-0.25, -0.2) is 9.97 Å². The van der Waals surface area contributed by atoms with Gasteiger partial charge in [0.2, 0.25) is 5.95 Å². The molecule has 0 aliphatic rings. The Morgan fingerprint density at radius 3 is 2.72 bits per heavy atom. The Kier molecular flexibility index (Phi) is 6.72. The molecule has 0 fully saturated rings. The van der Waals surface area contributed by atoms with Gasteiger partial charge in [0.1, 0.15) is 5.82 Å². The maximum absolute atomic E-state index is 12.3. The minimum atomic E-state index is -0.217. The molecule has 0 unspecified atom stereocenters. The number of nitrogens with one attached hydrogen (secondary N) is 2. The second kappa shape index (κ2) is 9.63. The van der Waals surface area contributed by atoms with Gasteiger partial charge in [0.15, 0.2) is 5.75 Å². The number of anilines is 2. The molecule has 0 radical (unpaired) electrons. The number of nitrogens with zero attached hydrogens (tertiary/aromatic N) is 5. The Morgan fingerprint density at radius 2 is 2.03 bits per heavy atom. The van der Waals surface area contributed by atoms with Gasteiger partial charge < -0.3 is 15.4 Å². The average molecular weight is 395 g/mol. The fourth-order valence-corrected chi connectivity index (χ4v) is 2.79. The summed E-state index contributed by atoms with van der Waals surface area (Å²) in [5.74, 6) is 1.60. The maximum atomic E-state index is 12.3. The Hall–Kier alpha value is -3.49. The van der Waals surface area contributed by atoms with Crippen molar-refractivity contribution in [1.82, 2.24) is 24.7 Å². The van der Waals surface area contributed by atoms with E-state index in [1.165, 1.54) is 11.7 Å². The van der Waals surface area contributed by atoms with E-state index in [1.54, 1.807) is 30.7 Å². The van der Waals surface area contributed by atoms with Gasteiger partial charge in [-0.05, 0) is 51.0 Å². The number of methoxy groups -OCH3 is 1. The molecule has 0 spiro atoms. The third kappa shape index (κ3) is 5.50. The van der Waals surface area contributed by atoms with Crippen LogP contribution in [-0.4, -0.2) is 44.4 Å². The zero-order valence-corrected chi connectivity index (χ0v) is 16.8. The van der Waals surface area contributed by atoms with Crippen LogP contribution in [0, 0.1) is 6.92 Å². The van der Waals surface area contributed by atoms with E-state index in [2.05, 4.69) is 37.7 Å². The van der Waals surface area contributed by atoms with Crippen LogP contribution in [0.3, 0.4) is 0 Å². The second-order valence-corrected chi connectivity index (χ2v) is 6.69. The quantitative estimate of drug-likeness (QED) is 0.532. The molecule has 3 aromatic heterocycles. The molecule has 0 aromatic carbocycles. The van der Waals surface area contributed by atoms with E-state index in [-0.39, 0.29) is 11.6 Å². The van der Waals surface area contributed by atoms with Gasteiger partial charge in [-0.3, -0.25) is 9.36 Å². The van der Waals surface area contributed by atoms with E-state index < -0.39 is 0 Å². The first-order valence-electron chi connectivity index (χ1n) is 9.45. The van der Waals surface area contributed by atoms with E-state index in [4.69, 9.17) is 4.74 Å². The van der Waals surface area contributed by atoms with Crippen LogP contribution >= 0.6 is 0 Å². The highest BCUT2D eigenvalue weighted by molar-refractivity contribution is 5.42. The molecule has 9 nitrogen and oxygen atoms in total. The lowest BCUT2D eigenvalue weighted by atomic mass is 10.2. The van der Waals surface area contributed by atoms with Crippen LogP contribution in [0.4, 0.5) is 11.8 Å². The maximum Gasteiger partial charge on any atom is 0.297 e. The molecule has 1 atom stereocenters. The summed E-state index contributed by atoms with van der Waals surface area (Å²) < 4.78 is 6.59. The first-order chi connectivity index (χ1) is 14.1. The highest BCUT2D eigenvalue weighted by Gasteiger charge is 2.07. The summed E-state index contributed by atoms with van der Waals surface area (Å²) in [6.07, 6.45) is 6.94. The fraction of sp³-hybridized carbons (Fsp3) is 0.350. The van der Waals surface area contributed by atoms with Crippen LogP contribution in [-0.2, 0) is 0 Å². The summed E-state index contributed by atoms with van der Waals surface area (Å²) in [6.45, 7) is 4.72. The van der Waals surface area contributed by atoms with Gasteiger partial charge >= 0.3 is 0 Å². The molecule has 29 heavy (non-hydrogen) atoms. The molecule has 0 bridgehead atoms. The van der Waals surface area contributed by atoms with Gasteiger partial charge in [0, 0.05) is 18.8 Å². The van der Waals surface area contributed by atoms with Crippen LogP contribution < -0.4 is 20.9 Å². The molecule has 0 aliphatic heterocycles. The Labute approximate surface area is 169 Å². The normalized spacial score (nSPS) is 11.7. The average Bonchev–Trinajstić information content (AvgIpc) is 2.73.